The van der Waals surface area contributed by atoms with Crippen molar-refractivity contribution in [2.24, 2.45) is 5.73 Å². The van der Waals surface area contributed by atoms with Crippen LogP contribution in [0.5, 0.6) is 5.75 Å². The molecule has 126 valence electrons. The van der Waals surface area contributed by atoms with Gasteiger partial charge in [0.25, 0.3) is 0 Å². The molecule has 1 saturated heterocycles. The number of nitrogens with zero attached hydrogens (tertiary/aromatic N) is 1. The summed E-state index contributed by atoms with van der Waals surface area (Å²) in [5.41, 5.74) is 6.31. The Morgan fingerprint density at radius 3 is 2.12 bits per heavy atom. The number of rotatable bonds is 3. The van der Waals surface area contributed by atoms with Crippen molar-refractivity contribution in [3.63, 3.8) is 0 Å². The van der Waals surface area contributed by atoms with E-state index in [1.807, 2.05) is 0 Å². The van der Waals surface area contributed by atoms with Crippen LogP contribution in [0, 0.1) is 0 Å². The van der Waals surface area contributed by atoms with Gasteiger partial charge in [-0.3, -0.25) is 4.79 Å². The number of hydrogen-bond donors (Lipinski definition) is 1. The van der Waals surface area contributed by atoms with E-state index in [9.17, 15) is 18.0 Å². The average molecular weight is 336 g/mol. The zero-order valence-corrected chi connectivity index (χ0v) is 12.7. The number of carbonyl (C=O) groups excluding carboxylic acids is 1. The number of anilines is 1. The van der Waals surface area contributed by atoms with Crippen LogP contribution < -0.4 is 15.4 Å². The molecule has 2 N–H and O–H groups in total. The van der Waals surface area contributed by atoms with Crippen LogP contribution in [0.2, 0.25) is 0 Å². The van der Waals surface area contributed by atoms with Gasteiger partial charge in [0.05, 0.1) is 18.7 Å². The van der Waals surface area contributed by atoms with Crippen molar-refractivity contribution in [2.45, 2.75) is 18.3 Å². The Morgan fingerprint density at radius 1 is 1.04 bits per heavy atom. The summed E-state index contributed by atoms with van der Waals surface area (Å²) in [5, 5.41) is 0. The van der Waals surface area contributed by atoms with Gasteiger partial charge in [0.15, 0.2) is 0 Å². The van der Waals surface area contributed by atoms with Crippen LogP contribution in [0.15, 0.2) is 48.5 Å². The molecule has 0 saturated carbocycles. The summed E-state index contributed by atoms with van der Waals surface area (Å²) in [5.74, 6) is 0.342. The van der Waals surface area contributed by atoms with E-state index in [2.05, 4.69) is 0 Å². The molecule has 0 unspecified atom stereocenters. The average Bonchev–Trinajstić information content (AvgIpc) is 2.58. The lowest BCUT2D eigenvalue weighted by Crippen LogP contribution is -2.63. The predicted octanol–water partition coefficient (Wildman–Crippen LogP) is 3.13. The first-order valence-corrected chi connectivity index (χ1v) is 7.23. The first-order valence-electron chi connectivity index (χ1n) is 7.23. The van der Waals surface area contributed by atoms with Crippen LogP contribution >= 0.6 is 0 Å². The maximum absolute atomic E-state index is 12.7. The van der Waals surface area contributed by atoms with Gasteiger partial charge in [-0.15, -0.1) is 0 Å². The largest absolute Gasteiger partial charge is 0.497 e. The summed E-state index contributed by atoms with van der Waals surface area (Å²) in [7, 11) is 1.54. The Labute approximate surface area is 136 Å². The van der Waals surface area contributed by atoms with Gasteiger partial charge in [-0.2, -0.15) is 13.2 Å². The minimum absolute atomic E-state index is 0.324. The number of carbonyl (C=O) groups is 1. The zero-order chi connectivity index (χ0) is 17.5. The van der Waals surface area contributed by atoms with Crippen LogP contribution in [-0.2, 0) is 11.0 Å². The lowest BCUT2D eigenvalue weighted by molar-refractivity contribution is -0.137. The first kappa shape index (κ1) is 16.3. The summed E-state index contributed by atoms with van der Waals surface area (Å²) < 4.78 is 43.1. The molecular formula is C17H15F3N2O2. The molecular weight excluding hydrogens is 321 g/mol. The molecule has 0 bridgehead atoms. The van der Waals surface area contributed by atoms with Gasteiger partial charge in [0.2, 0.25) is 5.91 Å². The summed E-state index contributed by atoms with van der Waals surface area (Å²) in [6.07, 6.45) is -4.41. The monoisotopic (exact) mass is 336 g/mol. The van der Waals surface area contributed by atoms with Gasteiger partial charge in [-0.1, -0.05) is 12.1 Å². The highest BCUT2D eigenvalue weighted by atomic mass is 19.4. The summed E-state index contributed by atoms with van der Waals surface area (Å²) in [6.45, 7) is 0. The van der Waals surface area contributed by atoms with Gasteiger partial charge >= 0.3 is 6.18 Å². The van der Waals surface area contributed by atoms with E-state index >= 15 is 0 Å². The summed E-state index contributed by atoms with van der Waals surface area (Å²) in [4.78, 5) is 13.5. The first-order chi connectivity index (χ1) is 11.3. The van der Waals surface area contributed by atoms with E-state index < -0.39 is 23.8 Å². The van der Waals surface area contributed by atoms with Gasteiger partial charge in [-0.05, 0) is 42.0 Å². The van der Waals surface area contributed by atoms with Gasteiger partial charge < -0.3 is 15.4 Å². The number of halogens is 3. The number of nitrogens with two attached hydrogens (primary N) is 1. The molecule has 3 rings (SSSR count). The number of methoxy groups -OCH3 is 1. The third-order valence-electron chi connectivity index (χ3n) is 4.07. The number of alkyl halides is 3. The van der Waals surface area contributed by atoms with E-state index in [1.165, 1.54) is 17.0 Å². The second-order valence-electron chi connectivity index (χ2n) is 5.50. The van der Waals surface area contributed by atoms with Crippen LogP contribution in [-0.4, -0.2) is 19.1 Å². The maximum atomic E-state index is 12.7. The standard InChI is InChI=1S/C17H15F3N2O2/c1-24-13-8-2-10(3-9-13)15-14(21)16(23)22(15)12-6-4-11(5-7-12)17(18,19)20/h2-9,14-15H,21H2,1H3/t14-,15+/m1/s1. The van der Waals surface area contributed by atoms with Crippen molar-refractivity contribution in [3.8, 4) is 5.75 Å². The fraction of sp³-hybridized carbons (Fsp3) is 0.235. The Kier molecular flexibility index (Phi) is 3.96. The fourth-order valence-electron chi connectivity index (χ4n) is 2.77. The van der Waals surface area contributed by atoms with E-state index in [0.717, 1.165) is 17.7 Å². The fourth-order valence-corrected chi connectivity index (χ4v) is 2.77. The van der Waals surface area contributed by atoms with Crippen molar-refractivity contribution in [1.29, 1.82) is 0 Å². The molecule has 2 atom stereocenters. The Morgan fingerprint density at radius 2 is 1.62 bits per heavy atom. The number of ether oxygens (including phenoxy) is 1. The number of β-lactam (4-membered cyclic amide) rings is 1. The van der Waals surface area contributed by atoms with Crippen LogP contribution in [0.25, 0.3) is 0 Å². The zero-order valence-electron chi connectivity index (χ0n) is 12.7. The Hall–Kier alpha value is -2.54. The Bertz CT molecular complexity index is 742. The molecule has 1 aliphatic heterocycles. The topological polar surface area (TPSA) is 55.6 Å². The van der Waals surface area contributed by atoms with Crippen molar-refractivity contribution >= 4 is 11.6 Å². The number of amides is 1. The summed E-state index contributed by atoms with van der Waals surface area (Å²) in [6, 6.07) is 10.4. The van der Waals surface area contributed by atoms with E-state index in [1.54, 1.807) is 31.4 Å². The molecule has 0 aromatic heterocycles. The molecule has 0 spiro atoms. The van der Waals surface area contributed by atoms with E-state index in [4.69, 9.17) is 10.5 Å². The van der Waals surface area contributed by atoms with Crippen molar-refractivity contribution in [1.82, 2.24) is 0 Å². The van der Waals surface area contributed by atoms with E-state index in [-0.39, 0.29) is 5.91 Å². The number of hydrogen-bond acceptors (Lipinski definition) is 3. The molecule has 0 aliphatic carbocycles. The van der Waals surface area contributed by atoms with Crippen LogP contribution in [0.3, 0.4) is 0 Å². The quantitative estimate of drug-likeness (QED) is 0.876. The normalized spacial score (nSPS) is 20.7. The highest BCUT2D eigenvalue weighted by Crippen LogP contribution is 2.39. The minimum atomic E-state index is -4.41. The van der Waals surface area contributed by atoms with Gasteiger partial charge in [0.1, 0.15) is 11.8 Å². The highest BCUT2D eigenvalue weighted by molar-refractivity contribution is 6.05. The molecule has 2 aromatic rings. The van der Waals surface area contributed by atoms with Crippen LogP contribution in [0.1, 0.15) is 17.2 Å². The third kappa shape index (κ3) is 2.71. The highest BCUT2D eigenvalue weighted by Gasteiger charge is 2.46. The SMILES string of the molecule is COc1ccc([C@H]2[C@@H](N)C(=O)N2c2ccc(C(F)(F)F)cc2)cc1. The van der Waals surface area contributed by atoms with Crippen molar-refractivity contribution in [3.05, 3.63) is 59.7 Å². The molecule has 1 heterocycles. The Balaban J connectivity index is 1.89. The van der Waals surface area contributed by atoms with E-state index in [0.29, 0.717) is 11.4 Å². The predicted molar refractivity (Wildman–Crippen MR) is 82.6 cm³/mol. The maximum Gasteiger partial charge on any atom is 0.416 e. The second kappa shape index (κ2) is 5.83. The van der Waals surface area contributed by atoms with Crippen molar-refractivity contribution in [2.75, 3.05) is 12.0 Å². The lowest BCUT2D eigenvalue weighted by Gasteiger charge is -2.45. The smallest absolute Gasteiger partial charge is 0.416 e. The third-order valence-corrected chi connectivity index (χ3v) is 4.07. The molecule has 1 aliphatic rings. The minimum Gasteiger partial charge on any atom is -0.497 e. The molecule has 1 fully saturated rings. The molecule has 1 amide bonds. The summed E-state index contributed by atoms with van der Waals surface area (Å²) >= 11 is 0. The van der Waals surface area contributed by atoms with Gasteiger partial charge in [-0.25, -0.2) is 0 Å². The molecule has 2 aromatic carbocycles. The lowest BCUT2D eigenvalue weighted by atomic mass is 9.88. The number of benzene rings is 2. The molecule has 4 nitrogen and oxygen atoms in total. The van der Waals surface area contributed by atoms with Crippen LogP contribution in [0.4, 0.5) is 18.9 Å². The van der Waals surface area contributed by atoms with Crippen molar-refractivity contribution < 1.29 is 22.7 Å². The van der Waals surface area contributed by atoms with Gasteiger partial charge in [0, 0.05) is 5.69 Å². The second-order valence-corrected chi connectivity index (χ2v) is 5.50. The molecule has 24 heavy (non-hydrogen) atoms. The molecule has 7 heteroatoms. The molecule has 0 radical (unpaired) electrons.